The van der Waals surface area contributed by atoms with Crippen LogP contribution in [0.4, 0.5) is 5.69 Å². The maximum absolute atomic E-state index is 12.3. The highest BCUT2D eigenvalue weighted by molar-refractivity contribution is 6.24. The predicted molar refractivity (Wildman–Crippen MR) is 94.7 cm³/mol. The first kappa shape index (κ1) is 18.3. The lowest BCUT2D eigenvalue weighted by molar-refractivity contribution is -0.117. The summed E-state index contributed by atoms with van der Waals surface area (Å²) >= 11 is 0. The third-order valence-electron chi connectivity index (χ3n) is 4.44. The molecule has 1 N–H and O–H groups in total. The van der Waals surface area contributed by atoms with E-state index in [1.807, 2.05) is 6.07 Å². The summed E-state index contributed by atoms with van der Waals surface area (Å²) < 4.78 is 0. The molecule has 1 aliphatic carbocycles. The maximum atomic E-state index is 12.3. The predicted octanol–water partition coefficient (Wildman–Crippen LogP) is 3.47. The number of carbonyl (C=O) groups is 3. The Morgan fingerprint density at radius 2 is 1.60 bits per heavy atom. The van der Waals surface area contributed by atoms with Gasteiger partial charge in [-0.2, -0.15) is 5.26 Å². The first-order valence-corrected chi connectivity index (χ1v) is 8.11. The fourth-order valence-corrected chi connectivity index (χ4v) is 2.73. The number of rotatable bonds is 5. The zero-order valence-electron chi connectivity index (χ0n) is 14.6. The van der Waals surface area contributed by atoms with E-state index in [0.717, 1.165) is 0 Å². The molecule has 0 radical (unpaired) electrons. The first-order valence-electron chi connectivity index (χ1n) is 8.11. The molecule has 25 heavy (non-hydrogen) atoms. The molecular weight excluding hydrogens is 316 g/mol. The lowest BCUT2D eigenvalue weighted by Gasteiger charge is -2.18. The van der Waals surface area contributed by atoms with Crippen LogP contribution in [0.2, 0.25) is 0 Å². The van der Waals surface area contributed by atoms with Crippen molar-refractivity contribution in [3.8, 4) is 6.07 Å². The minimum absolute atomic E-state index is 0.0888. The first-order chi connectivity index (χ1) is 11.8. The Bertz CT molecular complexity index is 837. The number of benzene rings is 1. The van der Waals surface area contributed by atoms with E-state index in [9.17, 15) is 14.4 Å². The molecule has 1 amide bonds. The summed E-state index contributed by atoms with van der Waals surface area (Å²) in [4.78, 5) is 36.4. The molecule has 0 aliphatic heterocycles. The van der Waals surface area contributed by atoms with Gasteiger partial charge in [0, 0.05) is 34.4 Å². The Hall–Kier alpha value is -3.00. The molecule has 0 saturated heterocycles. The number of ketones is 2. The molecule has 128 valence electrons. The Kier molecular flexibility index (Phi) is 5.66. The second kappa shape index (κ2) is 7.71. The number of anilines is 1. The van der Waals surface area contributed by atoms with E-state index < -0.39 is 0 Å². The van der Waals surface area contributed by atoms with Gasteiger partial charge < -0.3 is 5.32 Å². The number of allylic oxidation sites excluding steroid dienone is 4. The second-order valence-electron chi connectivity index (χ2n) is 6.10. The maximum Gasteiger partial charge on any atom is 0.224 e. The van der Waals surface area contributed by atoms with Crippen molar-refractivity contribution in [1.29, 1.82) is 5.26 Å². The molecule has 0 bridgehead atoms. The van der Waals surface area contributed by atoms with E-state index in [-0.39, 0.29) is 23.9 Å². The van der Waals surface area contributed by atoms with Crippen molar-refractivity contribution in [3.63, 3.8) is 0 Å². The van der Waals surface area contributed by atoms with Gasteiger partial charge in [0.25, 0.3) is 0 Å². The van der Waals surface area contributed by atoms with Crippen LogP contribution in [0.5, 0.6) is 0 Å². The number of Topliss-reactive ketones (excluding diaryl/α,β-unsaturated/α-hetero) is 2. The van der Waals surface area contributed by atoms with E-state index in [0.29, 0.717) is 46.4 Å². The van der Waals surface area contributed by atoms with E-state index in [2.05, 4.69) is 5.32 Å². The third-order valence-corrected chi connectivity index (χ3v) is 4.44. The molecule has 5 heteroatoms. The SMILES string of the molecule is CC1=C(C)C(=O)C(CCCC(=O)Nc2ccc(C#N)cc2)=C(C)C1=O. The molecule has 0 saturated carbocycles. The van der Waals surface area contributed by atoms with Gasteiger partial charge in [-0.3, -0.25) is 14.4 Å². The van der Waals surface area contributed by atoms with Crippen LogP contribution in [0.15, 0.2) is 46.6 Å². The zero-order valence-corrected chi connectivity index (χ0v) is 14.6. The lowest BCUT2D eigenvalue weighted by atomic mass is 9.84. The standard InChI is InChI=1S/C20H20N2O3/c1-12-13(2)20(25)17(14(3)19(12)24)5-4-6-18(23)22-16-9-7-15(11-21)8-10-16/h7-10H,4-6H2,1-3H3,(H,22,23). The average Bonchev–Trinajstić information content (AvgIpc) is 2.62. The van der Waals surface area contributed by atoms with E-state index in [1.54, 1.807) is 45.0 Å². The van der Waals surface area contributed by atoms with Crippen molar-refractivity contribution in [2.24, 2.45) is 0 Å². The number of nitrogens with zero attached hydrogens (tertiary/aromatic N) is 1. The van der Waals surface area contributed by atoms with Crippen molar-refractivity contribution in [2.75, 3.05) is 5.32 Å². The van der Waals surface area contributed by atoms with Crippen LogP contribution in [0.1, 0.15) is 45.6 Å². The largest absolute Gasteiger partial charge is 0.326 e. The average molecular weight is 336 g/mol. The molecule has 1 aliphatic rings. The molecule has 5 nitrogen and oxygen atoms in total. The summed E-state index contributed by atoms with van der Waals surface area (Å²) in [6.45, 7) is 5.00. The van der Waals surface area contributed by atoms with E-state index >= 15 is 0 Å². The summed E-state index contributed by atoms with van der Waals surface area (Å²) in [7, 11) is 0. The van der Waals surface area contributed by atoms with Crippen LogP contribution in [-0.4, -0.2) is 17.5 Å². The molecule has 0 aromatic heterocycles. The number of nitriles is 1. The van der Waals surface area contributed by atoms with E-state index in [1.165, 1.54) is 0 Å². The zero-order chi connectivity index (χ0) is 18.6. The van der Waals surface area contributed by atoms with Gasteiger partial charge >= 0.3 is 0 Å². The van der Waals surface area contributed by atoms with Gasteiger partial charge in [-0.05, 0) is 57.9 Å². The van der Waals surface area contributed by atoms with Crippen LogP contribution >= 0.6 is 0 Å². The Balaban J connectivity index is 1.91. The number of hydrogen-bond donors (Lipinski definition) is 1. The fraction of sp³-hybridized carbons (Fsp3) is 0.300. The number of amides is 1. The van der Waals surface area contributed by atoms with Gasteiger partial charge in [0.15, 0.2) is 11.6 Å². The highest BCUT2D eigenvalue weighted by atomic mass is 16.2. The third kappa shape index (κ3) is 4.10. The normalized spacial score (nSPS) is 14.6. The summed E-state index contributed by atoms with van der Waals surface area (Å²) in [6, 6.07) is 8.62. The highest BCUT2D eigenvalue weighted by Crippen LogP contribution is 2.27. The minimum Gasteiger partial charge on any atom is -0.326 e. The van der Waals surface area contributed by atoms with Gasteiger partial charge in [-0.1, -0.05) is 0 Å². The molecule has 0 unspecified atom stereocenters. The molecule has 2 rings (SSSR count). The van der Waals surface area contributed by atoms with Gasteiger partial charge in [0.05, 0.1) is 11.6 Å². The molecular formula is C20H20N2O3. The summed E-state index contributed by atoms with van der Waals surface area (Å²) in [5.74, 6) is -0.350. The summed E-state index contributed by atoms with van der Waals surface area (Å²) in [5.41, 5.74) is 3.15. The van der Waals surface area contributed by atoms with Crippen LogP contribution < -0.4 is 5.32 Å². The fourth-order valence-electron chi connectivity index (χ4n) is 2.73. The molecule has 0 atom stereocenters. The van der Waals surface area contributed by atoms with E-state index in [4.69, 9.17) is 5.26 Å². The second-order valence-corrected chi connectivity index (χ2v) is 6.10. The van der Waals surface area contributed by atoms with Gasteiger partial charge in [0.1, 0.15) is 0 Å². The van der Waals surface area contributed by atoms with Crippen molar-refractivity contribution in [3.05, 3.63) is 52.1 Å². The van der Waals surface area contributed by atoms with Gasteiger partial charge in [-0.25, -0.2) is 0 Å². The van der Waals surface area contributed by atoms with Crippen LogP contribution in [0.25, 0.3) is 0 Å². The van der Waals surface area contributed by atoms with Crippen LogP contribution in [0, 0.1) is 11.3 Å². The minimum atomic E-state index is -0.166. The van der Waals surface area contributed by atoms with Crippen LogP contribution in [0.3, 0.4) is 0 Å². The lowest BCUT2D eigenvalue weighted by Crippen LogP contribution is -2.21. The highest BCUT2D eigenvalue weighted by Gasteiger charge is 2.27. The molecule has 0 spiro atoms. The topological polar surface area (TPSA) is 87.0 Å². The van der Waals surface area contributed by atoms with Gasteiger partial charge in [-0.15, -0.1) is 0 Å². The number of nitrogens with one attached hydrogen (secondary N) is 1. The Morgan fingerprint density at radius 3 is 2.20 bits per heavy atom. The molecule has 1 aromatic rings. The smallest absolute Gasteiger partial charge is 0.224 e. The quantitative estimate of drug-likeness (QED) is 0.834. The van der Waals surface area contributed by atoms with Gasteiger partial charge in [0.2, 0.25) is 5.91 Å². The molecule has 0 fully saturated rings. The Morgan fingerprint density at radius 1 is 1.00 bits per heavy atom. The van der Waals surface area contributed by atoms with Crippen molar-refractivity contribution >= 4 is 23.2 Å². The number of hydrogen-bond acceptors (Lipinski definition) is 4. The van der Waals surface area contributed by atoms with Crippen molar-refractivity contribution < 1.29 is 14.4 Å². The number of carbonyl (C=O) groups excluding carboxylic acids is 3. The summed E-state index contributed by atoms with van der Waals surface area (Å²) in [5, 5.41) is 11.5. The molecule has 1 aromatic carbocycles. The Labute approximate surface area is 147 Å². The van der Waals surface area contributed by atoms with Crippen molar-refractivity contribution in [1.82, 2.24) is 0 Å². The monoisotopic (exact) mass is 336 g/mol. The molecule has 0 heterocycles. The summed E-state index contributed by atoms with van der Waals surface area (Å²) in [6.07, 6.45) is 1.14. The van der Waals surface area contributed by atoms with Crippen LogP contribution in [-0.2, 0) is 14.4 Å². The van der Waals surface area contributed by atoms with Crippen molar-refractivity contribution in [2.45, 2.75) is 40.0 Å².